The molecule has 0 saturated carbocycles. The third-order valence-electron chi connectivity index (χ3n) is 3.03. The van der Waals surface area contributed by atoms with Crippen molar-refractivity contribution in [1.29, 1.82) is 0 Å². The molecule has 2 rings (SSSR count). The summed E-state index contributed by atoms with van der Waals surface area (Å²) in [5.41, 5.74) is -0.198. The van der Waals surface area contributed by atoms with Crippen molar-refractivity contribution in [2.24, 2.45) is 0 Å². The Hall–Kier alpha value is -2.68. The summed E-state index contributed by atoms with van der Waals surface area (Å²) in [5.74, 6) is -4.53. The van der Waals surface area contributed by atoms with Crippen molar-refractivity contribution in [2.75, 3.05) is 32.5 Å². The van der Waals surface area contributed by atoms with E-state index in [0.717, 1.165) is 12.1 Å². The molecule has 24 heavy (non-hydrogen) atoms. The van der Waals surface area contributed by atoms with Crippen LogP contribution < -0.4 is 10.6 Å². The molecular formula is C15H16F3N5O. The minimum atomic E-state index is -1.58. The number of amides is 1. The monoisotopic (exact) mass is 339 g/mol. The molecule has 2 N–H and O–H groups in total. The molecular weight excluding hydrogens is 323 g/mol. The molecule has 0 unspecified atom stereocenters. The summed E-state index contributed by atoms with van der Waals surface area (Å²) in [7, 11) is 3.76. The fourth-order valence-corrected chi connectivity index (χ4v) is 1.75. The maximum atomic E-state index is 13.6. The first kappa shape index (κ1) is 17.7. The van der Waals surface area contributed by atoms with Crippen LogP contribution in [0.5, 0.6) is 0 Å². The highest BCUT2D eigenvalue weighted by Crippen LogP contribution is 2.22. The lowest BCUT2D eigenvalue weighted by Crippen LogP contribution is -2.31. The van der Waals surface area contributed by atoms with E-state index in [9.17, 15) is 18.0 Å². The van der Waals surface area contributed by atoms with Crippen LogP contribution in [-0.4, -0.2) is 48.0 Å². The third kappa shape index (κ3) is 4.42. The Kier molecular flexibility index (Phi) is 5.69. The van der Waals surface area contributed by atoms with Gasteiger partial charge in [0.2, 0.25) is 0 Å². The highest BCUT2D eigenvalue weighted by Gasteiger charge is 2.14. The SMILES string of the molecule is CN(C)CCNC(=O)c1cnc(Nc2ccc(F)c(F)c2F)cn1. The van der Waals surface area contributed by atoms with Gasteiger partial charge in [0.25, 0.3) is 5.91 Å². The van der Waals surface area contributed by atoms with Gasteiger partial charge in [-0.3, -0.25) is 4.79 Å². The third-order valence-corrected chi connectivity index (χ3v) is 3.03. The molecule has 0 radical (unpaired) electrons. The lowest BCUT2D eigenvalue weighted by atomic mass is 10.3. The molecule has 9 heteroatoms. The van der Waals surface area contributed by atoms with Crippen LogP contribution in [0, 0.1) is 17.5 Å². The van der Waals surface area contributed by atoms with Crippen LogP contribution in [-0.2, 0) is 0 Å². The Balaban J connectivity index is 2.02. The normalized spacial score (nSPS) is 10.8. The number of hydrogen-bond donors (Lipinski definition) is 2. The van der Waals surface area contributed by atoms with E-state index in [4.69, 9.17) is 0 Å². The van der Waals surface area contributed by atoms with Crippen LogP contribution in [0.2, 0.25) is 0 Å². The van der Waals surface area contributed by atoms with Crippen LogP contribution in [0.15, 0.2) is 24.5 Å². The molecule has 0 atom stereocenters. The van der Waals surface area contributed by atoms with Gasteiger partial charge in [0.15, 0.2) is 17.5 Å². The van der Waals surface area contributed by atoms with Gasteiger partial charge < -0.3 is 15.5 Å². The maximum absolute atomic E-state index is 13.6. The molecule has 0 aliphatic heterocycles. The Morgan fingerprint density at radius 3 is 2.50 bits per heavy atom. The lowest BCUT2D eigenvalue weighted by molar-refractivity contribution is 0.0945. The van der Waals surface area contributed by atoms with Crippen molar-refractivity contribution >= 4 is 17.4 Å². The molecule has 1 amide bonds. The number of aromatic nitrogens is 2. The van der Waals surface area contributed by atoms with E-state index in [-0.39, 0.29) is 17.2 Å². The topological polar surface area (TPSA) is 70.2 Å². The first-order valence-corrected chi connectivity index (χ1v) is 7.04. The number of likely N-dealkylation sites (N-methyl/N-ethyl adjacent to an activating group) is 1. The maximum Gasteiger partial charge on any atom is 0.271 e. The minimum absolute atomic E-state index is 0.0877. The number of rotatable bonds is 6. The fourth-order valence-electron chi connectivity index (χ4n) is 1.75. The number of hydrogen-bond acceptors (Lipinski definition) is 5. The van der Waals surface area contributed by atoms with E-state index in [1.54, 1.807) is 0 Å². The van der Waals surface area contributed by atoms with Crippen LogP contribution in [0.4, 0.5) is 24.7 Å². The summed E-state index contributed by atoms with van der Waals surface area (Å²) in [4.78, 5) is 21.5. The van der Waals surface area contributed by atoms with Crippen molar-refractivity contribution in [3.8, 4) is 0 Å². The van der Waals surface area contributed by atoms with Gasteiger partial charge >= 0.3 is 0 Å². The van der Waals surface area contributed by atoms with Gasteiger partial charge in [-0.2, -0.15) is 0 Å². The van der Waals surface area contributed by atoms with Gasteiger partial charge in [0, 0.05) is 13.1 Å². The van der Waals surface area contributed by atoms with Crippen molar-refractivity contribution in [2.45, 2.75) is 0 Å². The summed E-state index contributed by atoms with van der Waals surface area (Å²) in [6, 6.07) is 1.83. The van der Waals surface area contributed by atoms with E-state index in [2.05, 4.69) is 20.6 Å². The van der Waals surface area contributed by atoms with E-state index >= 15 is 0 Å². The smallest absolute Gasteiger partial charge is 0.271 e. The zero-order chi connectivity index (χ0) is 17.7. The van der Waals surface area contributed by atoms with Crippen LogP contribution in [0.3, 0.4) is 0 Å². The quantitative estimate of drug-likeness (QED) is 0.787. The Morgan fingerprint density at radius 2 is 1.88 bits per heavy atom. The molecule has 1 heterocycles. The van der Waals surface area contributed by atoms with Crippen molar-refractivity contribution in [3.63, 3.8) is 0 Å². The standard InChI is InChI=1S/C15H16F3N5O/c1-23(2)6-5-19-15(24)11-7-21-12(8-20-11)22-10-4-3-9(16)13(17)14(10)18/h3-4,7-8H,5-6H2,1-2H3,(H,19,24)(H,21,22). The van der Waals surface area contributed by atoms with Gasteiger partial charge in [-0.1, -0.05) is 0 Å². The van der Waals surface area contributed by atoms with E-state index in [0.29, 0.717) is 13.1 Å². The van der Waals surface area contributed by atoms with Crippen LogP contribution in [0.1, 0.15) is 10.5 Å². The molecule has 0 aliphatic carbocycles. The van der Waals surface area contributed by atoms with E-state index < -0.39 is 23.4 Å². The van der Waals surface area contributed by atoms with E-state index in [1.807, 2.05) is 19.0 Å². The summed E-state index contributed by atoms with van der Waals surface area (Å²) in [6.07, 6.45) is 2.40. The van der Waals surface area contributed by atoms with Gasteiger partial charge in [-0.25, -0.2) is 23.1 Å². The molecule has 6 nitrogen and oxygen atoms in total. The first-order chi connectivity index (χ1) is 11.4. The van der Waals surface area contributed by atoms with Crippen LogP contribution >= 0.6 is 0 Å². The molecule has 0 fully saturated rings. The van der Waals surface area contributed by atoms with E-state index in [1.165, 1.54) is 12.4 Å². The summed E-state index contributed by atoms with van der Waals surface area (Å²) < 4.78 is 39.6. The highest BCUT2D eigenvalue weighted by atomic mass is 19.2. The highest BCUT2D eigenvalue weighted by molar-refractivity contribution is 5.92. The summed E-state index contributed by atoms with van der Waals surface area (Å²) in [5, 5.41) is 5.14. The van der Waals surface area contributed by atoms with Gasteiger partial charge in [-0.15, -0.1) is 0 Å². The van der Waals surface area contributed by atoms with Gasteiger partial charge in [0.1, 0.15) is 11.5 Å². The fraction of sp³-hybridized carbons (Fsp3) is 0.267. The Bertz CT molecular complexity index is 722. The summed E-state index contributed by atoms with van der Waals surface area (Å²) in [6.45, 7) is 1.13. The number of nitrogens with zero attached hydrogens (tertiary/aromatic N) is 3. The number of halogens is 3. The summed E-state index contributed by atoms with van der Waals surface area (Å²) >= 11 is 0. The number of anilines is 2. The molecule has 0 saturated heterocycles. The molecule has 0 spiro atoms. The minimum Gasteiger partial charge on any atom is -0.349 e. The molecule has 0 bridgehead atoms. The Labute approximate surface area is 136 Å². The molecule has 1 aromatic carbocycles. The zero-order valence-corrected chi connectivity index (χ0v) is 13.1. The van der Waals surface area contributed by atoms with Crippen LogP contribution in [0.25, 0.3) is 0 Å². The molecule has 2 aromatic rings. The second-order valence-electron chi connectivity index (χ2n) is 5.19. The second-order valence-corrected chi connectivity index (χ2v) is 5.19. The molecule has 1 aromatic heterocycles. The predicted molar refractivity (Wildman–Crippen MR) is 82.5 cm³/mol. The number of benzene rings is 1. The van der Waals surface area contributed by atoms with Crippen molar-refractivity contribution < 1.29 is 18.0 Å². The molecule has 128 valence electrons. The van der Waals surface area contributed by atoms with Crippen molar-refractivity contribution in [1.82, 2.24) is 20.2 Å². The Morgan fingerprint density at radius 1 is 1.12 bits per heavy atom. The lowest BCUT2D eigenvalue weighted by Gasteiger charge is -2.10. The predicted octanol–water partition coefficient (Wildman–Crippen LogP) is 1.93. The second kappa shape index (κ2) is 7.73. The van der Waals surface area contributed by atoms with Gasteiger partial charge in [-0.05, 0) is 26.2 Å². The average molecular weight is 339 g/mol. The zero-order valence-electron chi connectivity index (χ0n) is 13.1. The van der Waals surface area contributed by atoms with Crippen molar-refractivity contribution in [3.05, 3.63) is 47.7 Å². The number of carbonyl (C=O) groups is 1. The number of nitrogens with one attached hydrogen (secondary N) is 2. The van der Waals surface area contributed by atoms with Gasteiger partial charge in [0.05, 0.1) is 18.1 Å². The largest absolute Gasteiger partial charge is 0.349 e. The number of carbonyl (C=O) groups excluding carboxylic acids is 1. The molecule has 0 aliphatic rings. The first-order valence-electron chi connectivity index (χ1n) is 7.04. The average Bonchev–Trinajstić information content (AvgIpc) is 2.55.